The molecular weight excluding hydrogens is 284 g/mol. The lowest BCUT2D eigenvalue weighted by atomic mass is 10.2. The molecule has 0 amide bonds. The van der Waals surface area contributed by atoms with Crippen molar-refractivity contribution in [3.63, 3.8) is 0 Å². The van der Waals surface area contributed by atoms with Crippen LogP contribution in [0.4, 0.5) is 0 Å². The molecular formula is C9H15ClN2O3S2. The Labute approximate surface area is 110 Å². The van der Waals surface area contributed by atoms with Crippen LogP contribution in [0.1, 0.15) is 26.0 Å². The second-order valence-electron chi connectivity index (χ2n) is 3.95. The smallest absolute Gasteiger partial charge is 0.252 e. The van der Waals surface area contributed by atoms with Gasteiger partial charge in [0.15, 0.2) is 8.68 Å². The molecule has 0 aromatic carbocycles. The molecule has 0 aliphatic carbocycles. The van der Waals surface area contributed by atoms with Crippen molar-refractivity contribution in [2.24, 2.45) is 0 Å². The molecule has 1 rings (SSSR count). The van der Waals surface area contributed by atoms with Crippen LogP contribution >= 0.6 is 22.9 Å². The van der Waals surface area contributed by atoms with Gasteiger partial charge >= 0.3 is 0 Å². The maximum absolute atomic E-state index is 12.0. The van der Waals surface area contributed by atoms with Crippen molar-refractivity contribution in [1.29, 1.82) is 0 Å². The Balaban J connectivity index is 2.86. The molecule has 0 radical (unpaired) electrons. The SMILES string of the molecule is Cc1nc(Cl)sc1S(=O)(=O)NC(C)CC(C)O. The van der Waals surface area contributed by atoms with Crippen molar-refractivity contribution in [3.8, 4) is 0 Å². The average molecular weight is 299 g/mol. The summed E-state index contributed by atoms with van der Waals surface area (Å²) in [5, 5.41) is 9.18. The van der Waals surface area contributed by atoms with Crippen LogP contribution < -0.4 is 4.72 Å². The van der Waals surface area contributed by atoms with E-state index in [1.807, 2.05) is 0 Å². The van der Waals surface area contributed by atoms with Crippen LogP contribution in [0.15, 0.2) is 4.21 Å². The number of aryl methyl sites for hydroxylation is 1. The molecule has 17 heavy (non-hydrogen) atoms. The largest absolute Gasteiger partial charge is 0.393 e. The number of rotatable bonds is 5. The molecule has 0 bridgehead atoms. The van der Waals surface area contributed by atoms with E-state index in [9.17, 15) is 13.5 Å². The second-order valence-corrected chi connectivity index (χ2v) is 7.44. The highest BCUT2D eigenvalue weighted by Gasteiger charge is 2.23. The number of hydrogen-bond acceptors (Lipinski definition) is 5. The van der Waals surface area contributed by atoms with Gasteiger partial charge < -0.3 is 5.11 Å². The van der Waals surface area contributed by atoms with Crippen molar-refractivity contribution < 1.29 is 13.5 Å². The molecule has 0 aliphatic heterocycles. The van der Waals surface area contributed by atoms with E-state index in [4.69, 9.17) is 11.6 Å². The molecule has 1 heterocycles. The highest BCUT2D eigenvalue weighted by Crippen LogP contribution is 2.26. The van der Waals surface area contributed by atoms with E-state index in [2.05, 4.69) is 9.71 Å². The summed E-state index contributed by atoms with van der Waals surface area (Å²) < 4.78 is 26.8. The first-order valence-electron chi connectivity index (χ1n) is 5.05. The maximum atomic E-state index is 12.0. The molecule has 0 fully saturated rings. The van der Waals surface area contributed by atoms with Crippen LogP contribution in [0.25, 0.3) is 0 Å². The molecule has 0 aliphatic rings. The molecule has 2 unspecified atom stereocenters. The minimum Gasteiger partial charge on any atom is -0.393 e. The number of aromatic nitrogens is 1. The van der Waals surface area contributed by atoms with Crippen LogP contribution in [0.5, 0.6) is 0 Å². The Morgan fingerprint density at radius 3 is 2.53 bits per heavy atom. The zero-order valence-electron chi connectivity index (χ0n) is 9.77. The fourth-order valence-corrected chi connectivity index (χ4v) is 4.49. The van der Waals surface area contributed by atoms with Gasteiger partial charge in [0, 0.05) is 6.04 Å². The average Bonchev–Trinajstić information content (AvgIpc) is 2.42. The van der Waals surface area contributed by atoms with Gasteiger partial charge in [-0.2, -0.15) is 0 Å². The first-order chi connectivity index (χ1) is 7.72. The predicted octanol–water partition coefficient (Wildman–Crippen LogP) is 1.54. The van der Waals surface area contributed by atoms with Crippen molar-refractivity contribution >= 4 is 33.0 Å². The maximum Gasteiger partial charge on any atom is 0.252 e. The quantitative estimate of drug-likeness (QED) is 0.864. The number of thiazole rings is 1. The van der Waals surface area contributed by atoms with E-state index in [0.717, 1.165) is 11.3 Å². The third-order valence-electron chi connectivity index (χ3n) is 2.02. The Hall–Kier alpha value is -0.210. The van der Waals surface area contributed by atoms with Crippen molar-refractivity contribution in [2.45, 2.75) is 43.5 Å². The number of nitrogens with zero attached hydrogens (tertiary/aromatic N) is 1. The highest BCUT2D eigenvalue weighted by atomic mass is 35.5. The Morgan fingerprint density at radius 1 is 1.53 bits per heavy atom. The fraction of sp³-hybridized carbons (Fsp3) is 0.667. The minimum absolute atomic E-state index is 0.125. The van der Waals surface area contributed by atoms with Crippen molar-refractivity contribution in [1.82, 2.24) is 9.71 Å². The van der Waals surface area contributed by atoms with E-state index in [1.54, 1.807) is 20.8 Å². The number of halogens is 1. The van der Waals surface area contributed by atoms with Crippen molar-refractivity contribution in [3.05, 3.63) is 10.2 Å². The standard InChI is InChI=1S/C9H15ClN2O3S2/c1-5(4-6(2)13)12-17(14,15)8-7(3)11-9(10)16-8/h5-6,12-13H,4H2,1-3H3. The molecule has 0 saturated heterocycles. The molecule has 2 atom stereocenters. The zero-order chi connectivity index (χ0) is 13.2. The van der Waals surface area contributed by atoms with Gasteiger partial charge in [-0.15, -0.1) is 0 Å². The number of aliphatic hydroxyl groups excluding tert-OH is 1. The number of hydrogen-bond donors (Lipinski definition) is 2. The summed E-state index contributed by atoms with van der Waals surface area (Å²) in [6.45, 7) is 4.90. The van der Waals surface area contributed by atoms with Gasteiger partial charge in [-0.25, -0.2) is 18.1 Å². The number of nitrogens with one attached hydrogen (secondary N) is 1. The van der Waals surface area contributed by atoms with Gasteiger partial charge in [0.2, 0.25) is 0 Å². The first kappa shape index (κ1) is 14.8. The summed E-state index contributed by atoms with van der Waals surface area (Å²) in [5.41, 5.74) is 0.386. The van der Waals surface area contributed by atoms with Gasteiger partial charge in [0.1, 0.15) is 0 Å². The zero-order valence-corrected chi connectivity index (χ0v) is 12.2. The molecule has 1 aromatic rings. The Kier molecular flexibility index (Phi) is 4.91. The van der Waals surface area contributed by atoms with Gasteiger partial charge in [0.05, 0.1) is 11.8 Å². The van der Waals surface area contributed by atoms with E-state index >= 15 is 0 Å². The molecule has 0 saturated carbocycles. The first-order valence-corrected chi connectivity index (χ1v) is 7.73. The summed E-state index contributed by atoms with van der Waals surface area (Å²) >= 11 is 6.59. The number of aliphatic hydroxyl groups is 1. The Morgan fingerprint density at radius 2 is 2.12 bits per heavy atom. The summed E-state index contributed by atoms with van der Waals surface area (Å²) in [6, 6.07) is -0.347. The molecule has 2 N–H and O–H groups in total. The van der Waals surface area contributed by atoms with Crippen LogP contribution in [-0.2, 0) is 10.0 Å². The van der Waals surface area contributed by atoms with Gasteiger partial charge in [-0.3, -0.25) is 0 Å². The summed E-state index contributed by atoms with van der Waals surface area (Å²) in [5.74, 6) is 0. The van der Waals surface area contributed by atoms with Crippen LogP contribution in [0.3, 0.4) is 0 Å². The number of sulfonamides is 1. The molecule has 5 nitrogen and oxygen atoms in total. The van der Waals surface area contributed by atoms with Gasteiger partial charge in [-0.05, 0) is 27.2 Å². The van der Waals surface area contributed by atoms with E-state index in [-0.39, 0.29) is 14.7 Å². The van der Waals surface area contributed by atoms with Crippen LogP contribution in [0, 0.1) is 6.92 Å². The normalized spacial score (nSPS) is 15.8. The monoisotopic (exact) mass is 298 g/mol. The van der Waals surface area contributed by atoms with Crippen LogP contribution in [0.2, 0.25) is 4.47 Å². The Bertz CT molecular complexity index is 484. The van der Waals surface area contributed by atoms with Crippen molar-refractivity contribution in [2.75, 3.05) is 0 Å². The molecule has 0 spiro atoms. The fourth-order valence-electron chi connectivity index (χ4n) is 1.48. The van der Waals surface area contributed by atoms with Gasteiger partial charge in [0.25, 0.3) is 10.0 Å². The second kappa shape index (κ2) is 5.62. The third-order valence-corrected chi connectivity index (χ3v) is 5.48. The summed E-state index contributed by atoms with van der Waals surface area (Å²) in [7, 11) is -3.60. The topological polar surface area (TPSA) is 79.3 Å². The lowest BCUT2D eigenvalue weighted by Crippen LogP contribution is -2.34. The van der Waals surface area contributed by atoms with E-state index in [0.29, 0.717) is 12.1 Å². The third kappa shape index (κ3) is 4.18. The lowest BCUT2D eigenvalue weighted by molar-refractivity contribution is 0.175. The predicted molar refractivity (Wildman–Crippen MR) is 67.9 cm³/mol. The summed E-state index contributed by atoms with van der Waals surface area (Å²) in [4.78, 5) is 3.86. The minimum atomic E-state index is -3.60. The molecule has 98 valence electrons. The van der Waals surface area contributed by atoms with Crippen LogP contribution in [-0.4, -0.2) is 30.7 Å². The highest BCUT2D eigenvalue weighted by molar-refractivity contribution is 7.91. The van der Waals surface area contributed by atoms with E-state index < -0.39 is 16.1 Å². The van der Waals surface area contributed by atoms with E-state index in [1.165, 1.54) is 0 Å². The lowest BCUT2D eigenvalue weighted by Gasteiger charge is -2.14. The molecule has 8 heteroatoms. The van der Waals surface area contributed by atoms with Gasteiger partial charge in [-0.1, -0.05) is 22.9 Å². The molecule has 1 aromatic heterocycles. The summed E-state index contributed by atoms with van der Waals surface area (Å²) in [6.07, 6.45) is -0.205.